The number of nitro groups is 2. The Labute approximate surface area is 121 Å². The van der Waals surface area contributed by atoms with Crippen LogP contribution < -0.4 is 5.32 Å². The van der Waals surface area contributed by atoms with Crippen molar-refractivity contribution >= 4 is 17.1 Å². The maximum Gasteiger partial charge on any atom is 0.299 e. The quantitative estimate of drug-likeness (QED) is 0.661. The molecule has 1 aliphatic rings. The fraction of sp³-hybridized carbons (Fsp3) is 0.538. The van der Waals surface area contributed by atoms with Crippen LogP contribution in [-0.2, 0) is 4.74 Å². The lowest BCUT2D eigenvalue weighted by Gasteiger charge is -2.51. The number of nitrogens with one attached hydrogen (secondary N) is 1. The lowest BCUT2D eigenvalue weighted by Crippen LogP contribution is -2.57. The van der Waals surface area contributed by atoms with Crippen LogP contribution in [0.15, 0.2) is 18.2 Å². The van der Waals surface area contributed by atoms with Gasteiger partial charge in [-0.3, -0.25) is 20.2 Å². The van der Waals surface area contributed by atoms with Crippen LogP contribution in [0.3, 0.4) is 0 Å². The van der Waals surface area contributed by atoms with E-state index in [0.29, 0.717) is 5.69 Å². The number of ether oxygens (including phenoxy) is 1. The second-order valence-corrected chi connectivity index (χ2v) is 5.69. The van der Waals surface area contributed by atoms with E-state index in [9.17, 15) is 20.2 Å². The molecule has 2 rings (SSSR count). The first-order valence-corrected chi connectivity index (χ1v) is 6.49. The number of hydrogen-bond donors (Lipinski definition) is 1. The van der Waals surface area contributed by atoms with Gasteiger partial charge in [0.25, 0.3) is 11.4 Å². The standard InChI is InChI=1S/C13H17N3O5/c1-13(2)11(7-12(13)21-3)14-9-5-4-8(15(17)18)6-10(9)16(19)20/h4-6,11-12,14H,7H2,1-3H3. The Hall–Kier alpha value is -2.22. The Bertz CT molecular complexity index is 587. The lowest BCUT2D eigenvalue weighted by molar-refractivity contribution is -0.393. The summed E-state index contributed by atoms with van der Waals surface area (Å²) >= 11 is 0. The van der Waals surface area contributed by atoms with Gasteiger partial charge in [0.15, 0.2) is 0 Å². The zero-order valence-corrected chi connectivity index (χ0v) is 12.0. The molecular formula is C13H17N3O5. The number of methoxy groups -OCH3 is 1. The van der Waals surface area contributed by atoms with Crippen molar-refractivity contribution in [3.05, 3.63) is 38.4 Å². The van der Waals surface area contributed by atoms with Crippen molar-refractivity contribution in [1.82, 2.24) is 0 Å². The summed E-state index contributed by atoms with van der Waals surface area (Å²) in [5, 5.41) is 24.9. The molecule has 8 heteroatoms. The molecule has 0 aliphatic heterocycles. The summed E-state index contributed by atoms with van der Waals surface area (Å²) < 4.78 is 5.33. The molecule has 0 spiro atoms. The molecule has 1 fully saturated rings. The third-order valence-corrected chi connectivity index (χ3v) is 4.18. The average molecular weight is 295 g/mol. The topological polar surface area (TPSA) is 108 Å². The van der Waals surface area contributed by atoms with Gasteiger partial charge in [-0.05, 0) is 12.5 Å². The Balaban J connectivity index is 2.25. The molecule has 8 nitrogen and oxygen atoms in total. The Kier molecular flexibility index (Phi) is 3.82. The van der Waals surface area contributed by atoms with Crippen molar-refractivity contribution in [2.24, 2.45) is 5.41 Å². The number of anilines is 1. The monoisotopic (exact) mass is 295 g/mol. The highest BCUT2D eigenvalue weighted by Crippen LogP contribution is 2.45. The zero-order chi connectivity index (χ0) is 15.8. The summed E-state index contributed by atoms with van der Waals surface area (Å²) in [6.07, 6.45) is 0.824. The van der Waals surface area contributed by atoms with Crippen molar-refractivity contribution in [3.63, 3.8) is 0 Å². The number of hydrogen-bond acceptors (Lipinski definition) is 6. The summed E-state index contributed by atoms with van der Waals surface area (Å²) in [5.74, 6) is 0. The number of nitro benzene ring substituents is 2. The third kappa shape index (κ3) is 2.66. The van der Waals surface area contributed by atoms with Gasteiger partial charge in [0.1, 0.15) is 5.69 Å². The van der Waals surface area contributed by atoms with E-state index >= 15 is 0 Å². The third-order valence-electron chi connectivity index (χ3n) is 4.18. The summed E-state index contributed by atoms with van der Waals surface area (Å²) in [4.78, 5) is 20.5. The van der Waals surface area contributed by atoms with Crippen LogP contribution in [-0.4, -0.2) is 29.1 Å². The van der Waals surface area contributed by atoms with E-state index in [-0.39, 0.29) is 28.9 Å². The zero-order valence-electron chi connectivity index (χ0n) is 12.0. The molecule has 1 aliphatic carbocycles. The van der Waals surface area contributed by atoms with E-state index in [4.69, 9.17) is 4.74 Å². The molecule has 0 bridgehead atoms. The molecule has 2 atom stereocenters. The van der Waals surface area contributed by atoms with Crippen LogP contribution in [0.25, 0.3) is 0 Å². The van der Waals surface area contributed by atoms with Crippen LogP contribution in [0, 0.1) is 25.6 Å². The molecule has 0 radical (unpaired) electrons. The molecule has 21 heavy (non-hydrogen) atoms. The van der Waals surface area contributed by atoms with Gasteiger partial charge in [0, 0.05) is 24.6 Å². The first-order chi connectivity index (χ1) is 9.77. The number of non-ortho nitro benzene ring substituents is 1. The van der Waals surface area contributed by atoms with Gasteiger partial charge in [0.05, 0.1) is 22.0 Å². The molecule has 1 N–H and O–H groups in total. The predicted molar refractivity (Wildman–Crippen MR) is 76.4 cm³/mol. The van der Waals surface area contributed by atoms with Gasteiger partial charge in [-0.2, -0.15) is 0 Å². The smallest absolute Gasteiger partial charge is 0.299 e. The Morgan fingerprint density at radius 2 is 1.95 bits per heavy atom. The molecule has 1 aromatic rings. The molecule has 0 aromatic heterocycles. The Morgan fingerprint density at radius 1 is 1.29 bits per heavy atom. The number of benzene rings is 1. The van der Waals surface area contributed by atoms with Crippen LogP contribution in [0.1, 0.15) is 20.3 Å². The van der Waals surface area contributed by atoms with Gasteiger partial charge in [-0.15, -0.1) is 0 Å². The molecule has 0 amide bonds. The van der Waals surface area contributed by atoms with Gasteiger partial charge in [0.2, 0.25) is 0 Å². The van der Waals surface area contributed by atoms with Crippen LogP contribution in [0.5, 0.6) is 0 Å². The van der Waals surface area contributed by atoms with Gasteiger partial charge in [-0.25, -0.2) is 0 Å². The molecular weight excluding hydrogens is 278 g/mol. The highest BCUT2D eigenvalue weighted by molar-refractivity contribution is 5.66. The SMILES string of the molecule is COC1CC(Nc2ccc([N+](=O)[O-])cc2[N+](=O)[O-])C1(C)C. The minimum Gasteiger partial charge on any atom is -0.381 e. The maximum atomic E-state index is 11.1. The van der Waals surface area contributed by atoms with E-state index in [1.807, 2.05) is 13.8 Å². The fourth-order valence-electron chi connectivity index (χ4n) is 2.62. The first-order valence-electron chi connectivity index (χ1n) is 6.49. The van der Waals surface area contributed by atoms with E-state index in [0.717, 1.165) is 12.5 Å². The van der Waals surface area contributed by atoms with Crippen molar-refractivity contribution < 1.29 is 14.6 Å². The van der Waals surface area contributed by atoms with Crippen molar-refractivity contribution in [3.8, 4) is 0 Å². The number of nitrogens with zero attached hydrogens (tertiary/aromatic N) is 2. The van der Waals surface area contributed by atoms with Crippen LogP contribution in [0.2, 0.25) is 0 Å². The second-order valence-electron chi connectivity index (χ2n) is 5.69. The summed E-state index contributed by atoms with van der Waals surface area (Å²) in [6.45, 7) is 4.03. The van der Waals surface area contributed by atoms with Crippen LogP contribution >= 0.6 is 0 Å². The van der Waals surface area contributed by atoms with E-state index < -0.39 is 9.85 Å². The fourth-order valence-corrected chi connectivity index (χ4v) is 2.62. The van der Waals surface area contributed by atoms with Crippen molar-refractivity contribution in [2.45, 2.75) is 32.4 Å². The lowest BCUT2D eigenvalue weighted by atomic mass is 9.64. The summed E-state index contributed by atoms with van der Waals surface area (Å²) in [6, 6.07) is 3.63. The highest BCUT2D eigenvalue weighted by Gasteiger charge is 2.49. The van der Waals surface area contributed by atoms with Crippen LogP contribution in [0.4, 0.5) is 17.1 Å². The molecule has 0 heterocycles. The van der Waals surface area contributed by atoms with Gasteiger partial charge < -0.3 is 10.1 Å². The molecule has 0 saturated heterocycles. The first kappa shape index (κ1) is 15.2. The van der Waals surface area contributed by atoms with Gasteiger partial charge >= 0.3 is 0 Å². The van der Waals surface area contributed by atoms with E-state index in [1.165, 1.54) is 12.1 Å². The normalized spacial score (nSPS) is 23.2. The molecule has 114 valence electrons. The van der Waals surface area contributed by atoms with Crippen molar-refractivity contribution in [1.29, 1.82) is 0 Å². The average Bonchev–Trinajstić information content (AvgIpc) is 2.42. The van der Waals surface area contributed by atoms with Crippen molar-refractivity contribution in [2.75, 3.05) is 12.4 Å². The van der Waals surface area contributed by atoms with E-state index in [1.54, 1.807) is 7.11 Å². The highest BCUT2D eigenvalue weighted by atomic mass is 16.6. The second kappa shape index (κ2) is 5.28. The summed E-state index contributed by atoms with van der Waals surface area (Å²) in [7, 11) is 1.64. The minimum absolute atomic E-state index is 0.0163. The van der Waals surface area contributed by atoms with Gasteiger partial charge in [-0.1, -0.05) is 13.8 Å². The minimum atomic E-state index is -0.648. The summed E-state index contributed by atoms with van der Waals surface area (Å²) in [5.41, 5.74) is -0.460. The molecule has 1 aromatic carbocycles. The molecule has 1 saturated carbocycles. The largest absolute Gasteiger partial charge is 0.381 e. The number of rotatable bonds is 5. The Morgan fingerprint density at radius 3 is 2.43 bits per heavy atom. The maximum absolute atomic E-state index is 11.1. The molecule has 2 unspecified atom stereocenters. The predicted octanol–water partition coefficient (Wildman–Crippen LogP) is 2.73. The van der Waals surface area contributed by atoms with E-state index in [2.05, 4.69) is 5.32 Å².